The van der Waals surface area contributed by atoms with Crippen LogP contribution in [0.15, 0.2) is 46.9 Å². The summed E-state index contributed by atoms with van der Waals surface area (Å²) in [6.07, 6.45) is 0. The first-order valence-corrected chi connectivity index (χ1v) is 8.40. The minimum atomic E-state index is -0.636. The number of nitrogens with zero attached hydrogens (tertiary/aromatic N) is 1. The number of amides is 2. The van der Waals surface area contributed by atoms with Gasteiger partial charge >= 0.3 is 0 Å². The van der Waals surface area contributed by atoms with Gasteiger partial charge in [0.1, 0.15) is 0 Å². The molecule has 0 aliphatic rings. The van der Waals surface area contributed by atoms with Crippen LogP contribution in [0.2, 0.25) is 0 Å². The molecule has 10 heteroatoms. The molecule has 8 nitrogen and oxygen atoms in total. The fraction of sp³-hybridized carbons (Fsp3) is 0.0625. The molecule has 0 saturated heterocycles. The van der Waals surface area contributed by atoms with Crippen molar-refractivity contribution in [3.05, 3.63) is 73.7 Å². The zero-order valence-corrected chi connectivity index (χ0v) is 15.8. The van der Waals surface area contributed by atoms with Crippen LogP contribution in [0.4, 0.5) is 5.69 Å². The van der Waals surface area contributed by atoms with Crippen molar-refractivity contribution in [2.45, 2.75) is 6.92 Å². The van der Waals surface area contributed by atoms with Gasteiger partial charge in [0.2, 0.25) is 0 Å². The standard InChI is InChI=1S/C16H13BrN4O4S/c1-9-5-6-11(8-13(9)17)14(22)18-16(26)20-19-15(23)10-3-2-4-12(7-10)21(24)25/h2-8H,1H3,(H,19,23)(H2,18,20,22,26). The smallest absolute Gasteiger partial charge is 0.270 e. The van der Waals surface area contributed by atoms with Gasteiger partial charge < -0.3 is 0 Å². The van der Waals surface area contributed by atoms with Crippen LogP contribution in [-0.2, 0) is 0 Å². The van der Waals surface area contributed by atoms with E-state index in [9.17, 15) is 19.7 Å². The lowest BCUT2D eigenvalue weighted by Gasteiger charge is -2.11. The average Bonchev–Trinajstić information content (AvgIpc) is 2.62. The fourth-order valence-electron chi connectivity index (χ4n) is 1.89. The maximum absolute atomic E-state index is 12.1. The van der Waals surface area contributed by atoms with Crippen molar-refractivity contribution in [1.82, 2.24) is 16.2 Å². The molecular formula is C16H13BrN4O4S. The average molecular weight is 437 g/mol. The summed E-state index contributed by atoms with van der Waals surface area (Å²) >= 11 is 8.29. The molecule has 2 rings (SSSR count). The third-order valence-corrected chi connectivity index (χ3v) is 4.33. The van der Waals surface area contributed by atoms with E-state index in [1.807, 2.05) is 6.92 Å². The number of carbonyl (C=O) groups excluding carboxylic acids is 2. The van der Waals surface area contributed by atoms with Gasteiger partial charge in [-0.3, -0.25) is 35.9 Å². The van der Waals surface area contributed by atoms with E-state index in [2.05, 4.69) is 32.1 Å². The van der Waals surface area contributed by atoms with Gasteiger partial charge in [0.25, 0.3) is 17.5 Å². The number of hydrogen-bond donors (Lipinski definition) is 3. The predicted octanol–water partition coefficient (Wildman–Crippen LogP) is 2.62. The van der Waals surface area contributed by atoms with Crippen molar-refractivity contribution >= 4 is 50.8 Å². The van der Waals surface area contributed by atoms with E-state index in [-0.39, 0.29) is 16.4 Å². The highest BCUT2D eigenvalue weighted by atomic mass is 79.9. The third-order valence-electron chi connectivity index (χ3n) is 3.27. The van der Waals surface area contributed by atoms with Crippen molar-refractivity contribution < 1.29 is 14.5 Å². The highest BCUT2D eigenvalue weighted by Gasteiger charge is 2.13. The lowest BCUT2D eigenvalue weighted by atomic mass is 10.1. The highest BCUT2D eigenvalue weighted by molar-refractivity contribution is 9.10. The Labute approximate surface area is 162 Å². The van der Waals surface area contributed by atoms with Gasteiger partial charge in [-0.2, -0.15) is 0 Å². The minimum Gasteiger partial charge on any atom is -0.298 e. The first-order valence-electron chi connectivity index (χ1n) is 7.20. The lowest BCUT2D eigenvalue weighted by Crippen LogP contribution is -2.48. The second kappa shape index (κ2) is 8.50. The number of carbonyl (C=O) groups is 2. The van der Waals surface area contributed by atoms with Gasteiger partial charge in [0.05, 0.1) is 4.92 Å². The van der Waals surface area contributed by atoms with E-state index in [1.54, 1.807) is 18.2 Å². The third kappa shape index (κ3) is 5.07. The summed E-state index contributed by atoms with van der Waals surface area (Å²) in [5.74, 6) is -1.09. The Kier molecular flexibility index (Phi) is 6.36. The predicted molar refractivity (Wildman–Crippen MR) is 103 cm³/mol. The molecule has 0 heterocycles. The number of nitro groups is 1. The van der Waals surface area contributed by atoms with Crippen LogP contribution in [0.3, 0.4) is 0 Å². The van der Waals surface area contributed by atoms with E-state index >= 15 is 0 Å². The molecule has 0 saturated carbocycles. The Hall–Kier alpha value is -2.85. The first kappa shape index (κ1) is 19.5. The van der Waals surface area contributed by atoms with Crippen molar-refractivity contribution in [3.8, 4) is 0 Å². The van der Waals surface area contributed by atoms with E-state index in [1.165, 1.54) is 18.2 Å². The van der Waals surface area contributed by atoms with Crippen LogP contribution in [0.1, 0.15) is 26.3 Å². The number of nitro benzene ring substituents is 1. The number of benzene rings is 2. The molecule has 134 valence electrons. The first-order chi connectivity index (χ1) is 12.3. The van der Waals surface area contributed by atoms with Gasteiger partial charge in [0.15, 0.2) is 5.11 Å². The normalized spacial score (nSPS) is 9.92. The number of rotatable bonds is 3. The molecule has 3 N–H and O–H groups in total. The molecule has 0 aromatic heterocycles. The summed E-state index contributed by atoms with van der Waals surface area (Å²) in [5.41, 5.74) is 5.87. The molecule has 0 atom stereocenters. The van der Waals surface area contributed by atoms with E-state index in [0.717, 1.165) is 16.1 Å². The molecule has 2 aromatic rings. The number of non-ortho nitro benzene ring substituents is 1. The zero-order chi connectivity index (χ0) is 19.3. The highest BCUT2D eigenvalue weighted by Crippen LogP contribution is 2.17. The maximum Gasteiger partial charge on any atom is 0.270 e. The van der Waals surface area contributed by atoms with Crippen LogP contribution in [0, 0.1) is 17.0 Å². The molecule has 0 fully saturated rings. The molecule has 0 unspecified atom stereocenters. The quantitative estimate of drug-likeness (QED) is 0.387. The van der Waals surface area contributed by atoms with Gasteiger partial charge in [0, 0.05) is 27.7 Å². The van der Waals surface area contributed by atoms with Crippen molar-refractivity contribution in [2.75, 3.05) is 0 Å². The number of hydrazine groups is 1. The summed E-state index contributed by atoms with van der Waals surface area (Å²) in [7, 11) is 0. The van der Waals surface area contributed by atoms with Crippen molar-refractivity contribution in [2.24, 2.45) is 0 Å². The minimum absolute atomic E-state index is 0.0725. The Morgan fingerprint density at radius 2 is 1.77 bits per heavy atom. The molecule has 0 bridgehead atoms. The summed E-state index contributed by atoms with van der Waals surface area (Å²) in [5, 5.41) is 13.0. The summed E-state index contributed by atoms with van der Waals surface area (Å²) < 4.78 is 0.781. The zero-order valence-electron chi connectivity index (χ0n) is 13.4. The van der Waals surface area contributed by atoms with Crippen LogP contribution in [0.25, 0.3) is 0 Å². The largest absolute Gasteiger partial charge is 0.298 e. The molecule has 2 amide bonds. The molecule has 0 aliphatic heterocycles. The number of nitrogens with one attached hydrogen (secondary N) is 3. The number of aryl methyl sites for hydroxylation is 1. The second-order valence-corrected chi connectivity index (χ2v) is 6.40. The van der Waals surface area contributed by atoms with Crippen LogP contribution in [-0.4, -0.2) is 21.9 Å². The summed E-state index contributed by atoms with van der Waals surface area (Å²) in [6, 6.07) is 10.3. The van der Waals surface area contributed by atoms with Crippen molar-refractivity contribution in [1.29, 1.82) is 0 Å². The number of thiocarbonyl (C=S) groups is 1. The molecule has 2 aromatic carbocycles. The van der Waals surface area contributed by atoms with Gasteiger partial charge in [-0.25, -0.2) is 0 Å². The Bertz CT molecular complexity index is 904. The van der Waals surface area contributed by atoms with Gasteiger partial charge in [-0.1, -0.05) is 28.1 Å². The second-order valence-electron chi connectivity index (χ2n) is 5.13. The Morgan fingerprint density at radius 3 is 2.42 bits per heavy atom. The number of hydrogen-bond acceptors (Lipinski definition) is 5. The Morgan fingerprint density at radius 1 is 1.08 bits per heavy atom. The van der Waals surface area contributed by atoms with Gasteiger partial charge in [-0.05, 0) is 42.9 Å². The van der Waals surface area contributed by atoms with E-state index < -0.39 is 16.7 Å². The lowest BCUT2D eigenvalue weighted by molar-refractivity contribution is -0.384. The van der Waals surface area contributed by atoms with E-state index in [4.69, 9.17) is 12.2 Å². The SMILES string of the molecule is Cc1ccc(C(=O)NC(=S)NNC(=O)c2cccc([N+](=O)[O-])c2)cc1Br. The van der Waals surface area contributed by atoms with Gasteiger partial charge in [-0.15, -0.1) is 0 Å². The molecule has 26 heavy (non-hydrogen) atoms. The maximum atomic E-state index is 12.1. The van der Waals surface area contributed by atoms with Crippen LogP contribution < -0.4 is 16.2 Å². The molecular weight excluding hydrogens is 424 g/mol. The van der Waals surface area contributed by atoms with Crippen molar-refractivity contribution in [3.63, 3.8) is 0 Å². The monoisotopic (exact) mass is 436 g/mol. The molecule has 0 spiro atoms. The topological polar surface area (TPSA) is 113 Å². The van der Waals surface area contributed by atoms with Crippen LogP contribution >= 0.6 is 28.1 Å². The number of halogens is 1. The summed E-state index contributed by atoms with van der Waals surface area (Å²) in [4.78, 5) is 34.2. The molecule has 0 aliphatic carbocycles. The van der Waals surface area contributed by atoms with E-state index in [0.29, 0.717) is 5.56 Å². The molecule has 0 radical (unpaired) electrons. The summed E-state index contributed by atoms with van der Waals surface area (Å²) in [6.45, 7) is 1.89. The van der Waals surface area contributed by atoms with Crippen LogP contribution in [0.5, 0.6) is 0 Å². The Balaban J connectivity index is 1.92. The fourth-order valence-corrected chi connectivity index (χ4v) is 2.41.